The predicted octanol–water partition coefficient (Wildman–Crippen LogP) is 1.86. The summed E-state index contributed by atoms with van der Waals surface area (Å²) >= 11 is 1.35. The van der Waals surface area contributed by atoms with Crippen LogP contribution in [0.3, 0.4) is 0 Å². The first-order valence-corrected chi connectivity index (χ1v) is 8.87. The molecule has 0 spiro atoms. The fraction of sp³-hybridized carbons (Fsp3) is 0.625. The quantitative estimate of drug-likeness (QED) is 0.744. The molecule has 1 saturated heterocycles. The predicted molar refractivity (Wildman–Crippen MR) is 92.2 cm³/mol. The molecular weight excluding hydrogens is 314 g/mol. The Balaban J connectivity index is 1.94. The number of hydrogen-bond acceptors (Lipinski definition) is 5. The third-order valence-corrected chi connectivity index (χ3v) is 4.95. The van der Waals surface area contributed by atoms with Gasteiger partial charge in [-0.15, -0.1) is 11.3 Å². The van der Waals surface area contributed by atoms with Crippen molar-refractivity contribution in [1.82, 2.24) is 10.2 Å². The molecule has 0 bridgehead atoms. The number of carbonyl (C=O) groups is 2. The molecule has 0 atom stereocenters. The molecule has 0 unspecified atom stereocenters. The normalized spacial score (nSPS) is 15.4. The largest absolute Gasteiger partial charge is 0.383 e. The summed E-state index contributed by atoms with van der Waals surface area (Å²) < 4.78 is 4.93. The third-order valence-electron chi connectivity index (χ3n) is 3.85. The second kappa shape index (κ2) is 9.00. The van der Waals surface area contributed by atoms with Crippen LogP contribution in [0.25, 0.3) is 0 Å². The van der Waals surface area contributed by atoms with Crippen LogP contribution in [0.4, 0.5) is 5.69 Å². The van der Waals surface area contributed by atoms with Gasteiger partial charge in [0.2, 0.25) is 5.91 Å². The molecule has 6 nitrogen and oxygen atoms in total. The Hall–Kier alpha value is -1.44. The summed E-state index contributed by atoms with van der Waals surface area (Å²) in [5, 5.41) is 7.60. The minimum Gasteiger partial charge on any atom is -0.383 e. The fourth-order valence-electron chi connectivity index (χ4n) is 2.61. The van der Waals surface area contributed by atoms with Crippen LogP contribution in [0.1, 0.15) is 34.5 Å². The number of nitrogens with one attached hydrogen (secondary N) is 2. The smallest absolute Gasteiger partial charge is 0.263 e. The van der Waals surface area contributed by atoms with Crippen molar-refractivity contribution in [3.8, 4) is 0 Å². The van der Waals surface area contributed by atoms with Crippen molar-refractivity contribution in [2.45, 2.75) is 26.2 Å². The van der Waals surface area contributed by atoms with Crippen molar-refractivity contribution < 1.29 is 14.3 Å². The average molecular weight is 339 g/mol. The number of anilines is 1. The van der Waals surface area contributed by atoms with Gasteiger partial charge in [0.15, 0.2) is 0 Å². The molecule has 128 valence electrons. The highest BCUT2D eigenvalue weighted by atomic mass is 32.1. The maximum Gasteiger partial charge on any atom is 0.263 e. The molecule has 1 fully saturated rings. The molecule has 2 heterocycles. The van der Waals surface area contributed by atoms with Crippen LogP contribution in [0.2, 0.25) is 0 Å². The lowest BCUT2D eigenvalue weighted by Crippen LogP contribution is -2.37. The first-order chi connectivity index (χ1) is 11.1. The molecule has 23 heavy (non-hydrogen) atoms. The number of ether oxygens (including phenoxy) is 1. The highest BCUT2D eigenvalue weighted by Gasteiger charge is 2.19. The lowest BCUT2D eigenvalue weighted by atomic mass is 10.1. The van der Waals surface area contributed by atoms with E-state index in [0.717, 1.165) is 31.5 Å². The Kier molecular flexibility index (Phi) is 7.01. The Labute approximate surface area is 141 Å². The average Bonchev–Trinajstić information content (AvgIpc) is 2.89. The second-order valence-electron chi connectivity index (χ2n) is 5.76. The molecule has 1 aliphatic heterocycles. The molecule has 2 amide bonds. The molecule has 2 rings (SSSR count). The van der Waals surface area contributed by atoms with E-state index in [1.54, 1.807) is 7.11 Å². The third kappa shape index (κ3) is 5.30. The summed E-state index contributed by atoms with van der Waals surface area (Å²) in [4.78, 5) is 27.2. The van der Waals surface area contributed by atoms with Crippen LogP contribution in [0, 0.1) is 6.92 Å². The molecule has 0 radical (unpaired) electrons. The lowest BCUT2D eigenvalue weighted by Gasteiger charge is -2.25. The van der Waals surface area contributed by atoms with Gasteiger partial charge in [0.1, 0.15) is 4.88 Å². The summed E-state index contributed by atoms with van der Waals surface area (Å²) in [6.45, 7) is 5.15. The van der Waals surface area contributed by atoms with Crippen LogP contribution >= 0.6 is 11.3 Å². The number of aryl methyl sites for hydroxylation is 1. The molecule has 0 aromatic carbocycles. The topological polar surface area (TPSA) is 70.7 Å². The van der Waals surface area contributed by atoms with Crippen LogP contribution in [0.15, 0.2) is 5.38 Å². The van der Waals surface area contributed by atoms with E-state index in [1.165, 1.54) is 17.8 Å². The van der Waals surface area contributed by atoms with Gasteiger partial charge in [-0.2, -0.15) is 0 Å². The van der Waals surface area contributed by atoms with E-state index in [0.29, 0.717) is 30.3 Å². The van der Waals surface area contributed by atoms with E-state index in [1.807, 2.05) is 12.3 Å². The van der Waals surface area contributed by atoms with E-state index >= 15 is 0 Å². The van der Waals surface area contributed by atoms with Crippen LogP contribution in [-0.2, 0) is 9.53 Å². The molecule has 0 saturated carbocycles. The molecule has 1 aliphatic rings. The maximum atomic E-state index is 12.3. The van der Waals surface area contributed by atoms with Crippen molar-refractivity contribution in [2.24, 2.45) is 0 Å². The van der Waals surface area contributed by atoms with E-state index in [4.69, 9.17) is 4.74 Å². The number of piperidine rings is 1. The monoisotopic (exact) mass is 339 g/mol. The molecule has 1 aromatic rings. The summed E-state index contributed by atoms with van der Waals surface area (Å²) in [6.07, 6.45) is 3.55. The molecule has 7 heteroatoms. The van der Waals surface area contributed by atoms with Crippen LogP contribution < -0.4 is 10.6 Å². The minimum absolute atomic E-state index is 0.0562. The van der Waals surface area contributed by atoms with E-state index in [2.05, 4.69) is 15.5 Å². The zero-order valence-corrected chi connectivity index (χ0v) is 14.6. The number of rotatable bonds is 7. The number of likely N-dealkylation sites (tertiary alicyclic amines) is 1. The first kappa shape index (κ1) is 17.9. The number of nitrogens with zero attached hydrogens (tertiary/aromatic N) is 1. The summed E-state index contributed by atoms with van der Waals surface area (Å²) in [6, 6.07) is 0. The Bertz CT molecular complexity index is 539. The van der Waals surface area contributed by atoms with Gasteiger partial charge < -0.3 is 15.4 Å². The molecule has 2 N–H and O–H groups in total. The van der Waals surface area contributed by atoms with Crippen LogP contribution in [-0.4, -0.2) is 56.6 Å². The van der Waals surface area contributed by atoms with Gasteiger partial charge in [-0.1, -0.05) is 6.42 Å². The number of thiophene rings is 1. The van der Waals surface area contributed by atoms with E-state index in [-0.39, 0.29) is 11.8 Å². The second-order valence-corrected chi connectivity index (χ2v) is 6.64. The zero-order chi connectivity index (χ0) is 16.7. The van der Waals surface area contributed by atoms with Gasteiger partial charge in [0.05, 0.1) is 18.8 Å². The number of methoxy groups -OCH3 is 1. The summed E-state index contributed by atoms with van der Waals surface area (Å²) in [5.74, 6) is -0.229. The number of amides is 2. The van der Waals surface area contributed by atoms with E-state index < -0.39 is 0 Å². The van der Waals surface area contributed by atoms with Crippen LogP contribution in [0.5, 0.6) is 0 Å². The van der Waals surface area contributed by atoms with Gasteiger partial charge >= 0.3 is 0 Å². The first-order valence-electron chi connectivity index (χ1n) is 7.99. The van der Waals surface area contributed by atoms with Crippen molar-refractivity contribution in [3.05, 3.63) is 15.8 Å². The SMILES string of the molecule is COCCNC(=O)c1scc(C)c1NC(=O)CN1CCCCC1. The van der Waals surface area contributed by atoms with Crippen molar-refractivity contribution >= 4 is 28.8 Å². The van der Waals surface area contributed by atoms with Gasteiger partial charge in [-0.3, -0.25) is 14.5 Å². The standard InChI is InChI=1S/C16H25N3O3S/c1-12-11-23-15(16(21)17-6-9-22-2)14(12)18-13(20)10-19-7-4-3-5-8-19/h11H,3-10H2,1-2H3,(H,17,21)(H,18,20). The Morgan fingerprint density at radius 1 is 1.30 bits per heavy atom. The zero-order valence-electron chi connectivity index (χ0n) is 13.8. The van der Waals surface area contributed by atoms with Crippen molar-refractivity contribution in [2.75, 3.05) is 45.2 Å². The fourth-order valence-corrected chi connectivity index (χ4v) is 3.53. The van der Waals surface area contributed by atoms with Crippen molar-refractivity contribution in [3.63, 3.8) is 0 Å². The minimum atomic E-state index is -0.173. The molecule has 1 aromatic heterocycles. The maximum absolute atomic E-state index is 12.3. The number of hydrogen-bond donors (Lipinski definition) is 2. The van der Waals surface area contributed by atoms with Gasteiger partial charge in [0.25, 0.3) is 5.91 Å². The lowest BCUT2D eigenvalue weighted by molar-refractivity contribution is -0.117. The van der Waals surface area contributed by atoms with Gasteiger partial charge in [-0.05, 0) is 43.8 Å². The Morgan fingerprint density at radius 3 is 2.74 bits per heavy atom. The van der Waals surface area contributed by atoms with Gasteiger partial charge in [0, 0.05) is 13.7 Å². The summed E-state index contributed by atoms with van der Waals surface area (Å²) in [5.41, 5.74) is 1.55. The highest BCUT2D eigenvalue weighted by molar-refractivity contribution is 7.13. The molecule has 0 aliphatic carbocycles. The number of carbonyl (C=O) groups excluding carboxylic acids is 2. The van der Waals surface area contributed by atoms with Crippen molar-refractivity contribution in [1.29, 1.82) is 0 Å². The highest BCUT2D eigenvalue weighted by Crippen LogP contribution is 2.27. The Morgan fingerprint density at radius 2 is 2.04 bits per heavy atom. The van der Waals surface area contributed by atoms with E-state index in [9.17, 15) is 9.59 Å². The molecular formula is C16H25N3O3S. The van der Waals surface area contributed by atoms with Gasteiger partial charge in [-0.25, -0.2) is 0 Å². The summed E-state index contributed by atoms with van der Waals surface area (Å²) in [7, 11) is 1.59.